The molecular weight excluding hydrogens is 399 g/mol. The first kappa shape index (κ1) is 19.3. The SMILES string of the molecule is Cc1ccc(S(=O)(=O)n2c(-c3ccc(C(F)(F)F)cc3)cc3ccccc32)cc1. The molecule has 0 aliphatic heterocycles. The molecule has 1 heterocycles. The zero-order valence-electron chi connectivity index (χ0n) is 15.3. The Labute approximate surface area is 166 Å². The summed E-state index contributed by atoms with van der Waals surface area (Å²) in [6.07, 6.45) is -4.46. The number of para-hydroxylation sites is 1. The van der Waals surface area contributed by atoms with Crippen LogP contribution in [0.5, 0.6) is 0 Å². The van der Waals surface area contributed by atoms with E-state index in [4.69, 9.17) is 0 Å². The molecule has 0 aliphatic carbocycles. The van der Waals surface area contributed by atoms with Crippen LogP contribution >= 0.6 is 0 Å². The molecule has 0 atom stereocenters. The predicted molar refractivity (Wildman–Crippen MR) is 106 cm³/mol. The number of aryl methyl sites for hydroxylation is 1. The lowest BCUT2D eigenvalue weighted by molar-refractivity contribution is -0.137. The third kappa shape index (κ3) is 3.42. The van der Waals surface area contributed by atoms with Gasteiger partial charge in [-0.2, -0.15) is 13.2 Å². The minimum Gasteiger partial charge on any atom is -0.233 e. The van der Waals surface area contributed by atoms with Crippen LogP contribution in [0.2, 0.25) is 0 Å². The topological polar surface area (TPSA) is 39.1 Å². The van der Waals surface area contributed by atoms with Gasteiger partial charge in [0, 0.05) is 5.39 Å². The van der Waals surface area contributed by atoms with Crippen LogP contribution in [0.25, 0.3) is 22.2 Å². The summed E-state index contributed by atoms with van der Waals surface area (Å²) in [5.41, 5.74) is 1.28. The lowest BCUT2D eigenvalue weighted by atomic mass is 10.1. The second-order valence-corrected chi connectivity index (χ2v) is 8.53. The number of nitrogens with zero attached hydrogens (tertiary/aromatic N) is 1. The number of hydrogen-bond acceptors (Lipinski definition) is 2. The highest BCUT2D eigenvalue weighted by molar-refractivity contribution is 7.90. The fourth-order valence-corrected chi connectivity index (χ4v) is 4.77. The van der Waals surface area contributed by atoms with Crippen molar-refractivity contribution in [3.63, 3.8) is 0 Å². The van der Waals surface area contributed by atoms with E-state index in [-0.39, 0.29) is 4.90 Å². The molecule has 1 aromatic heterocycles. The number of halogens is 3. The first-order valence-corrected chi connectivity index (χ1v) is 10.2. The summed E-state index contributed by atoms with van der Waals surface area (Å²) in [6.45, 7) is 1.86. The Kier molecular flexibility index (Phi) is 4.50. The minimum atomic E-state index is -4.46. The van der Waals surface area contributed by atoms with Gasteiger partial charge in [0.1, 0.15) is 0 Å². The van der Waals surface area contributed by atoms with Gasteiger partial charge < -0.3 is 0 Å². The van der Waals surface area contributed by atoms with E-state index in [1.807, 2.05) is 6.92 Å². The number of hydrogen-bond donors (Lipinski definition) is 0. The monoisotopic (exact) mass is 415 g/mol. The summed E-state index contributed by atoms with van der Waals surface area (Å²) in [4.78, 5) is 0.109. The smallest absolute Gasteiger partial charge is 0.233 e. The summed E-state index contributed by atoms with van der Waals surface area (Å²) in [6, 6.07) is 19.6. The van der Waals surface area contributed by atoms with Gasteiger partial charge in [-0.3, -0.25) is 0 Å². The third-order valence-corrected chi connectivity index (χ3v) is 6.48. The van der Waals surface area contributed by atoms with E-state index in [0.717, 1.165) is 17.7 Å². The normalized spacial score (nSPS) is 12.4. The maximum Gasteiger partial charge on any atom is 0.416 e. The van der Waals surface area contributed by atoms with Gasteiger partial charge in [-0.1, -0.05) is 48.0 Å². The van der Waals surface area contributed by atoms with Gasteiger partial charge in [0.05, 0.1) is 21.7 Å². The predicted octanol–water partition coefficient (Wildman–Crippen LogP) is 5.87. The van der Waals surface area contributed by atoms with Crippen LogP contribution in [0.3, 0.4) is 0 Å². The average molecular weight is 415 g/mol. The molecule has 0 saturated carbocycles. The van der Waals surface area contributed by atoms with Gasteiger partial charge >= 0.3 is 6.18 Å². The van der Waals surface area contributed by atoms with E-state index in [9.17, 15) is 21.6 Å². The van der Waals surface area contributed by atoms with E-state index < -0.39 is 21.8 Å². The van der Waals surface area contributed by atoms with Crippen molar-refractivity contribution in [3.05, 3.63) is 90.0 Å². The van der Waals surface area contributed by atoms with E-state index in [2.05, 4.69) is 0 Å². The largest absolute Gasteiger partial charge is 0.416 e. The highest BCUT2D eigenvalue weighted by atomic mass is 32.2. The molecule has 0 N–H and O–H groups in total. The summed E-state index contributed by atoms with van der Waals surface area (Å²) < 4.78 is 66.8. The van der Waals surface area contributed by atoms with Crippen LogP contribution in [-0.2, 0) is 16.2 Å². The fourth-order valence-electron chi connectivity index (χ4n) is 3.24. The van der Waals surface area contributed by atoms with Gasteiger partial charge in [0.25, 0.3) is 10.0 Å². The highest BCUT2D eigenvalue weighted by Crippen LogP contribution is 2.35. The summed E-state index contributed by atoms with van der Waals surface area (Å²) in [5.74, 6) is 0. The van der Waals surface area contributed by atoms with Crippen LogP contribution in [0.1, 0.15) is 11.1 Å². The molecule has 0 amide bonds. The summed E-state index contributed by atoms with van der Waals surface area (Å²) >= 11 is 0. The van der Waals surface area contributed by atoms with Crippen molar-refractivity contribution in [2.75, 3.05) is 0 Å². The molecule has 4 rings (SSSR count). The zero-order chi connectivity index (χ0) is 20.8. The Morgan fingerprint density at radius 2 is 1.45 bits per heavy atom. The minimum absolute atomic E-state index is 0.109. The van der Waals surface area contributed by atoms with Crippen molar-refractivity contribution in [2.24, 2.45) is 0 Å². The lowest BCUT2D eigenvalue weighted by Crippen LogP contribution is -2.14. The Morgan fingerprint density at radius 3 is 2.07 bits per heavy atom. The number of fused-ring (bicyclic) bond motifs is 1. The Bertz CT molecular complexity index is 1290. The van der Waals surface area contributed by atoms with Gasteiger partial charge in [0.2, 0.25) is 0 Å². The van der Waals surface area contributed by atoms with Crippen LogP contribution in [0.4, 0.5) is 13.2 Å². The van der Waals surface area contributed by atoms with Crippen LogP contribution in [-0.4, -0.2) is 12.4 Å². The van der Waals surface area contributed by atoms with E-state index in [1.165, 1.54) is 28.2 Å². The highest BCUT2D eigenvalue weighted by Gasteiger charge is 2.30. The van der Waals surface area contributed by atoms with E-state index in [0.29, 0.717) is 22.2 Å². The van der Waals surface area contributed by atoms with E-state index in [1.54, 1.807) is 42.5 Å². The van der Waals surface area contributed by atoms with Gasteiger partial charge in [-0.15, -0.1) is 0 Å². The number of rotatable bonds is 3. The fraction of sp³-hybridized carbons (Fsp3) is 0.0909. The van der Waals surface area contributed by atoms with Crippen molar-refractivity contribution in [2.45, 2.75) is 18.0 Å². The molecule has 0 spiro atoms. The van der Waals surface area contributed by atoms with Crippen molar-refractivity contribution >= 4 is 20.9 Å². The molecule has 4 aromatic rings. The summed E-state index contributed by atoms with van der Waals surface area (Å²) in [7, 11) is -3.96. The first-order valence-electron chi connectivity index (χ1n) is 8.78. The second-order valence-electron chi connectivity index (χ2n) is 6.75. The lowest BCUT2D eigenvalue weighted by Gasteiger charge is -2.13. The molecule has 0 fully saturated rings. The molecule has 148 valence electrons. The molecule has 0 radical (unpaired) electrons. The molecule has 0 saturated heterocycles. The molecule has 3 nitrogen and oxygen atoms in total. The molecule has 0 unspecified atom stereocenters. The number of aromatic nitrogens is 1. The first-order chi connectivity index (χ1) is 13.7. The molecule has 29 heavy (non-hydrogen) atoms. The Hall–Kier alpha value is -3.06. The van der Waals surface area contributed by atoms with Crippen LogP contribution < -0.4 is 0 Å². The third-order valence-electron chi connectivity index (χ3n) is 4.73. The average Bonchev–Trinajstić information content (AvgIpc) is 3.08. The number of alkyl halides is 3. The van der Waals surface area contributed by atoms with Gasteiger partial charge in [-0.25, -0.2) is 12.4 Å². The second kappa shape index (κ2) is 6.77. The molecular formula is C22H16F3NO2S. The van der Waals surface area contributed by atoms with Crippen molar-refractivity contribution in [3.8, 4) is 11.3 Å². The van der Waals surface area contributed by atoms with Crippen molar-refractivity contribution in [1.29, 1.82) is 0 Å². The molecule has 0 aliphatic rings. The maximum atomic E-state index is 13.4. The van der Waals surface area contributed by atoms with Crippen LogP contribution in [0.15, 0.2) is 83.8 Å². The van der Waals surface area contributed by atoms with Crippen LogP contribution in [0, 0.1) is 6.92 Å². The van der Waals surface area contributed by atoms with Crippen molar-refractivity contribution in [1.82, 2.24) is 3.97 Å². The van der Waals surface area contributed by atoms with Gasteiger partial charge in [-0.05, 0) is 48.9 Å². The van der Waals surface area contributed by atoms with Gasteiger partial charge in [0.15, 0.2) is 0 Å². The molecule has 7 heteroatoms. The quantitative estimate of drug-likeness (QED) is 0.420. The van der Waals surface area contributed by atoms with E-state index >= 15 is 0 Å². The Morgan fingerprint density at radius 1 is 0.828 bits per heavy atom. The standard InChI is InChI=1S/C22H16F3NO2S/c1-15-6-12-19(13-7-15)29(27,28)26-20-5-3-2-4-17(20)14-21(26)16-8-10-18(11-9-16)22(23,24)25/h2-14H,1H3. The van der Waals surface area contributed by atoms with Crippen molar-refractivity contribution < 1.29 is 21.6 Å². The maximum absolute atomic E-state index is 13.4. The zero-order valence-corrected chi connectivity index (χ0v) is 16.1. The molecule has 0 bridgehead atoms. The number of benzene rings is 3. The summed E-state index contributed by atoms with van der Waals surface area (Å²) in [5, 5.41) is 0.679. The molecule has 3 aromatic carbocycles. The Balaban J connectivity index is 1.96.